The van der Waals surface area contributed by atoms with Crippen LogP contribution < -0.4 is 11.1 Å². The summed E-state index contributed by atoms with van der Waals surface area (Å²) in [5.41, 5.74) is 7.03. The Morgan fingerprint density at radius 3 is 2.91 bits per heavy atom. The molecule has 1 unspecified atom stereocenters. The average Bonchev–Trinajstić information content (AvgIpc) is 2.97. The maximum atomic E-state index is 12.0. The van der Waals surface area contributed by atoms with E-state index in [1.807, 2.05) is 30.3 Å². The molecule has 0 aliphatic carbocycles. The molecule has 2 heterocycles. The summed E-state index contributed by atoms with van der Waals surface area (Å²) in [5, 5.41) is 11.2. The molecule has 1 aliphatic rings. The van der Waals surface area contributed by atoms with Crippen LogP contribution in [-0.2, 0) is 24.3 Å². The van der Waals surface area contributed by atoms with Crippen molar-refractivity contribution in [1.82, 2.24) is 20.1 Å². The second-order valence-corrected chi connectivity index (χ2v) is 5.64. The van der Waals surface area contributed by atoms with Crippen LogP contribution in [0.2, 0.25) is 0 Å². The summed E-state index contributed by atoms with van der Waals surface area (Å²) in [6.45, 7) is 1.35. The van der Waals surface area contributed by atoms with E-state index in [0.29, 0.717) is 6.54 Å². The molecule has 1 amide bonds. The predicted molar refractivity (Wildman–Crippen MR) is 82.8 cm³/mol. The second kappa shape index (κ2) is 6.70. The number of hydrogen-bond donors (Lipinski definition) is 2. The highest BCUT2D eigenvalue weighted by Gasteiger charge is 2.17. The van der Waals surface area contributed by atoms with Crippen molar-refractivity contribution in [2.45, 2.75) is 44.8 Å². The van der Waals surface area contributed by atoms with Crippen molar-refractivity contribution < 1.29 is 4.79 Å². The van der Waals surface area contributed by atoms with E-state index in [9.17, 15) is 4.79 Å². The Bertz CT molecular complexity index is 637. The van der Waals surface area contributed by atoms with Crippen LogP contribution in [0.15, 0.2) is 30.3 Å². The van der Waals surface area contributed by atoms with Gasteiger partial charge in [0.25, 0.3) is 0 Å². The second-order valence-electron chi connectivity index (χ2n) is 5.64. The van der Waals surface area contributed by atoms with Gasteiger partial charge in [-0.15, -0.1) is 10.2 Å². The summed E-state index contributed by atoms with van der Waals surface area (Å²) >= 11 is 0. The number of fused-ring (bicyclic) bond motifs is 1. The number of carbonyl (C=O) groups excluding carboxylic acids is 1. The van der Waals surface area contributed by atoms with Crippen LogP contribution in [0.3, 0.4) is 0 Å². The van der Waals surface area contributed by atoms with Crippen LogP contribution in [0, 0.1) is 0 Å². The average molecular weight is 299 g/mol. The molecule has 2 aromatic rings. The zero-order valence-corrected chi connectivity index (χ0v) is 12.5. The van der Waals surface area contributed by atoms with Gasteiger partial charge in [-0.25, -0.2) is 0 Å². The molecule has 0 spiro atoms. The van der Waals surface area contributed by atoms with Gasteiger partial charge in [-0.3, -0.25) is 4.79 Å². The van der Waals surface area contributed by atoms with E-state index in [4.69, 9.17) is 5.73 Å². The fourth-order valence-electron chi connectivity index (χ4n) is 2.77. The Morgan fingerprint density at radius 1 is 1.27 bits per heavy atom. The monoisotopic (exact) mass is 299 g/mol. The summed E-state index contributed by atoms with van der Waals surface area (Å²) in [5.74, 6) is 1.79. The van der Waals surface area contributed by atoms with Gasteiger partial charge in [0.2, 0.25) is 5.91 Å². The normalized spacial score (nSPS) is 15.1. The first-order valence-corrected chi connectivity index (χ1v) is 7.72. The first-order valence-electron chi connectivity index (χ1n) is 7.72. The van der Waals surface area contributed by atoms with Crippen molar-refractivity contribution in [3.63, 3.8) is 0 Å². The molecule has 6 heteroatoms. The van der Waals surface area contributed by atoms with Crippen LogP contribution in [0.4, 0.5) is 0 Å². The molecule has 1 aromatic carbocycles. The molecule has 0 bridgehead atoms. The number of aromatic nitrogens is 3. The van der Waals surface area contributed by atoms with Crippen LogP contribution in [0.25, 0.3) is 0 Å². The summed E-state index contributed by atoms with van der Waals surface area (Å²) in [6.07, 6.45) is 3.55. The number of rotatable bonds is 5. The fraction of sp³-hybridized carbons (Fsp3) is 0.438. The molecular formula is C16H21N5O. The topological polar surface area (TPSA) is 85.8 Å². The maximum absolute atomic E-state index is 12.0. The molecule has 1 aromatic heterocycles. The highest BCUT2D eigenvalue weighted by Crippen LogP contribution is 2.15. The van der Waals surface area contributed by atoms with Gasteiger partial charge >= 0.3 is 0 Å². The number of carbonyl (C=O) groups is 1. The lowest BCUT2D eigenvalue weighted by atomic mass is 10.0. The number of benzene rings is 1. The lowest BCUT2D eigenvalue weighted by Crippen LogP contribution is -2.28. The molecule has 3 N–H and O–H groups in total. The molecule has 0 saturated carbocycles. The largest absolute Gasteiger partial charge is 0.349 e. The minimum Gasteiger partial charge on any atom is -0.349 e. The summed E-state index contributed by atoms with van der Waals surface area (Å²) in [4.78, 5) is 12.0. The highest BCUT2D eigenvalue weighted by molar-refractivity contribution is 5.76. The van der Waals surface area contributed by atoms with Gasteiger partial charge in [0, 0.05) is 25.4 Å². The number of nitrogens with zero attached hydrogens (tertiary/aromatic N) is 3. The van der Waals surface area contributed by atoms with Gasteiger partial charge < -0.3 is 15.6 Å². The Morgan fingerprint density at radius 2 is 2.09 bits per heavy atom. The maximum Gasteiger partial charge on any atom is 0.222 e. The summed E-state index contributed by atoms with van der Waals surface area (Å²) in [6, 6.07) is 9.38. The molecule has 0 saturated heterocycles. The van der Waals surface area contributed by atoms with Gasteiger partial charge in [0.05, 0.1) is 6.54 Å². The molecular weight excluding hydrogens is 278 g/mol. The standard InChI is InChI=1S/C16H21N5O/c17-13(12-6-2-1-3-7-12)10-16(22)18-11-15-20-19-14-8-4-5-9-21(14)15/h1-3,6-7,13H,4-5,8-11,17H2,(H,18,22). The van der Waals surface area contributed by atoms with Crippen LogP contribution >= 0.6 is 0 Å². The Balaban J connectivity index is 1.53. The van der Waals surface area contributed by atoms with E-state index < -0.39 is 0 Å². The molecule has 116 valence electrons. The zero-order valence-electron chi connectivity index (χ0n) is 12.5. The van der Waals surface area contributed by atoms with Crippen molar-refractivity contribution in [2.75, 3.05) is 0 Å². The molecule has 6 nitrogen and oxygen atoms in total. The molecule has 0 radical (unpaired) electrons. The lowest BCUT2D eigenvalue weighted by molar-refractivity contribution is -0.121. The fourth-order valence-corrected chi connectivity index (χ4v) is 2.77. The predicted octanol–water partition coefficient (Wildman–Crippen LogP) is 1.32. The van der Waals surface area contributed by atoms with Gasteiger partial charge in [-0.2, -0.15) is 0 Å². The molecule has 22 heavy (non-hydrogen) atoms. The van der Waals surface area contributed by atoms with Crippen molar-refractivity contribution in [1.29, 1.82) is 0 Å². The third-order valence-corrected chi connectivity index (χ3v) is 4.01. The minimum atomic E-state index is -0.284. The quantitative estimate of drug-likeness (QED) is 0.872. The Kier molecular flexibility index (Phi) is 4.48. The third-order valence-electron chi connectivity index (χ3n) is 4.01. The molecule has 1 atom stereocenters. The molecule has 3 rings (SSSR count). The van der Waals surface area contributed by atoms with Crippen LogP contribution in [-0.4, -0.2) is 20.7 Å². The van der Waals surface area contributed by atoms with E-state index in [0.717, 1.165) is 43.0 Å². The summed E-state index contributed by atoms with van der Waals surface area (Å²) < 4.78 is 2.11. The Hall–Kier alpha value is -2.21. The number of hydrogen-bond acceptors (Lipinski definition) is 4. The molecule has 1 aliphatic heterocycles. The summed E-state index contributed by atoms with van der Waals surface area (Å²) in [7, 11) is 0. The van der Waals surface area contributed by atoms with E-state index in [-0.39, 0.29) is 18.4 Å². The van der Waals surface area contributed by atoms with Crippen LogP contribution in [0.1, 0.15) is 42.5 Å². The van der Waals surface area contributed by atoms with Crippen LogP contribution in [0.5, 0.6) is 0 Å². The lowest BCUT2D eigenvalue weighted by Gasteiger charge is -2.15. The van der Waals surface area contributed by atoms with E-state index in [1.54, 1.807) is 0 Å². The SMILES string of the molecule is NC(CC(=O)NCc1nnc2n1CCCC2)c1ccccc1. The van der Waals surface area contributed by atoms with Crippen molar-refractivity contribution in [2.24, 2.45) is 5.73 Å². The Labute approximate surface area is 129 Å². The van der Waals surface area contributed by atoms with E-state index in [1.165, 1.54) is 0 Å². The zero-order chi connectivity index (χ0) is 15.4. The smallest absolute Gasteiger partial charge is 0.222 e. The highest BCUT2D eigenvalue weighted by atomic mass is 16.1. The van der Waals surface area contributed by atoms with Gasteiger partial charge in [0.15, 0.2) is 5.82 Å². The van der Waals surface area contributed by atoms with Gasteiger partial charge in [-0.1, -0.05) is 30.3 Å². The first-order chi connectivity index (χ1) is 10.7. The number of nitrogens with two attached hydrogens (primary N) is 1. The van der Waals surface area contributed by atoms with Crippen molar-refractivity contribution in [3.8, 4) is 0 Å². The number of aryl methyl sites for hydroxylation is 1. The van der Waals surface area contributed by atoms with Gasteiger partial charge in [0.1, 0.15) is 5.82 Å². The number of amides is 1. The van der Waals surface area contributed by atoms with E-state index >= 15 is 0 Å². The minimum absolute atomic E-state index is 0.0653. The third kappa shape index (κ3) is 3.33. The van der Waals surface area contributed by atoms with Crippen molar-refractivity contribution >= 4 is 5.91 Å². The van der Waals surface area contributed by atoms with Gasteiger partial charge in [-0.05, 0) is 18.4 Å². The van der Waals surface area contributed by atoms with Crippen molar-refractivity contribution in [3.05, 3.63) is 47.5 Å². The first kappa shape index (κ1) is 14.7. The molecule has 0 fully saturated rings. The van der Waals surface area contributed by atoms with E-state index in [2.05, 4.69) is 20.1 Å². The number of nitrogens with one attached hydrogen (secondary N) is 1.